The fourth-order valence-corrected chi connectivity index (χ4v) is 4.21. The first-order valence-corrected chi connectivity index (χ1v) is 8.56. The predicted molar refractivity (Wildman–Crippen MR) is 87.9 cm³/mol. The van der Waals surface area contributed by atoms with Crippen molar-refractivity contribution in [3.63, 3.8) is 0 Å². The topological polar surface area (TPSA) is 26.3 Å². The molecular weight excluding hydrogens is 328 g/mol. The van der Waals surface area contributed by atoms with Crippen LogP contribution in [0.1, 0.15) is 43.7 Å². The Bertz CT molecular complexity index is 603. The van der Waals surface area contributed by atoms with Crippen molar-refractivity contribution in [1.82, 2.24) is 0 Å². The second kappa shape index (κ2) is 5.96. The average Bonchev–Trinajstić information content (AvgIpc) is 2.90. The van der Waals surface area contributed by atoms with Crippen LogP contribution in [-0.2, 0) is 16.0 Å². The van der Waals surface area contributed by atoms with E-state index in [4.69, 9.17) is 4.74 Å². The smallest absolute Gasteiger partial charge is 0.169 e. The van der Waals surface area contributed by atoms with Crippen molar-refractivity contribution in [2.45, 2.75) is 39.0 Å². The minimum Gasteiger partial charge on any atom is -0.500 e. The van der Waals surface area contributed by atoms with Gasteiger partial charge in [-0.3, -0.25) is 4.79 Å². The fraction of sp³-hybridized carbons (Fsp3) is 0.500. The van der Waals surface area contributed by atoms with E-state index in [1.165, 1.54) is 5.56 Å². The molecular formula is C18H21BrO2. The number of carbonyl (C=O) groups is 1. The molecule has 2 aliphatic carbocycles. The van der Waals surface area contributed by atoms with E-state index >= 15 is 0 Å². The van der Waals surface area contributed by atoms with Crippen molar-refractivity contribution >= 4 is 27.3 Å². The summed E-state index contributed by atoms with van der Waals surface area (Å²) in [6.45, 7) is 2.17. The van der Waals surface area contributed by atoms with Crippen LogP contribution in [0.3, 0.4) is 0 Å². The standard InChI is InChI=1S/C18H21BrO2/c1-3-4-11-10-14(19)7-8-15(11)16-17(20)12-5-6-13(9-12)18(16)21-2/h7-8,10,12-13H,3-6,9H2,1-2H3. The molecule has 2 nitrogen and oxygen atoms in total. The van der Waals surface area contributed by atoms with E-state index in [1.54, 1.807) is 7.11 Å². The highest BCUT2D eigenvalue weighted by Crippen LogP contribution is 2.47. The maximum atomic E-state index is 12.8. The van der Waals surface area contributed by atoms with E-state index in [9.17, 15) is 4.79 Å². The molecule has 1 fully saturated rings. The average molecular weight is 349 g/mol. The Morgan fingerprint density at radius 2 is 2.05 bits per heavy atom. The second-order valence-corrected chi connectivity index (χ2v) is 6.98. The first-order chi connectivity index (χ1) is 10.2. The maximum Gasteiger partial charge on any atom is 0.169 e. The van der Waals surface area contributed by atoms with Crippen LogP contribution in [-0.4, -0.2) is 12.9 Å². The van der Waals surface area contributed by atoms with Gasteiger partial charge in [0.25, 0.3) is 0 Å². The van der Waals surface area contributed by atoms with Gasteiger partial charge < -0.3 is 4.74 Å². The molecule has 2 bridgehead atoms. The summed E-state index contributed by atoms with van der Waals surface area (Å²) in [7, 11) is 1.71. The van der Waals surface area contributed by atoms with Gasteiger partial charge in [0.2, 0.25) is 0 Å². The minimum atomic E-state index is 0.210. The molecule has 0 heterocycles. The third kappa shape index (κ3) is 2.57. The highest BCUT2D eigenvalue weighted by molar-refractivity contribution is 9.10. The largest absolute Gasteiger partial charge is 0.500 e. The summed E-state index contributed by atoms with van der Waals surface area (Å²) in [5.41, 5.74) is 3.18. The first kappa shape index (κ1) is 14.8. The number of aryl methyl sites for hydroxylation is 1. The van der Waals surface area contributed by atoms with E-state index in [1.807, 2.05) is 6.07 Å². The molecule has 21 heavy (non-hydrogen) atoms. The van der Waals surface area contributed by atoms with Gasteiger partial charge in [0.15, 0.2) is 5.78 Å². The lowest BCUT2D eigenvalue weighted by Gasteiger charge is -2.25. The van der Waals surface area contributed by atoms with Crippen molar-refractivity contribution < 1.29 is 9.53 Å². The Morgan fingerprint density at radius 1 is 1.29 bits per heavy atom. The van der Waals surface area contributed by atoms with E-state index in [-0.39, 0.29) is 5.92 Å². The molecule has 1 saturated carbocycles. The molecule has 0 aromatic heterocycles. The van der Waals surface area contributed by atoms with E-state index in [0.717, 1.165) is 53.5 Å². The van der Waals surface area contributed by atoms with Crippen molar-refractivity contribution in [3.05, 3.63) is 39.6 Å². The quantitative estimate of drug-likeness (QED) is 0.784. The van der Waals surface area contributed by atoms with E-state index in [2.05, 4.69) is 35.0 Å². The second-order valence-electron chi connectivity index (χ2n) is 6.07. The summed E-state index contributed by atoms with van der Waals surface area (Å²) in [6, 6.07) is 6.24. The first-order valence-electron chi connectivity index (χ1n) is 7.76. The van der Waals surface area contributed by atoms with Gasteiger partial charge in [0.1, 0.15) is 5.76 Å². The lowest BCUT2D eigenvalue weighted by Crippen LogP contribution is -2.22. The molecule has 0 spiro atoms. The molecule has 0 amide bonds. The van der Waals surface area contributed by atoms with Crippen LogP contribution >= 0.6 is 15.9 Å². The highest BCUT2D eigenvalue weighted by Gasteiger charge is 2.42. The van der Waals surface area contributed by atoms with Gasteiger partial charge in [0, 0.05) is 16.3 Å². The molecule has 2 aliphatic rings. The molecule has 0 N–H and O–H groups in total. The van der Waals surface area contributed by atoms with Crippen molar-refractivity contribution in [3.8, 4) is 0 Å². The molecule has 112 valence electrons. The molecule has 0 saturated heterocycles. The minimum absolute atomic E-state index is 0.210. The van der Waals surface area contributed by atoms with Crippen LogP contribution in [0.4, 0.5) is 0 Å². The third-order valence-electron chi connectivity index (χ3n) is 4.74. The number of fused-ring (bicyclic) bond motifs is 2. The van der Waals surface area contributed by atoms with Gasteiger partial charge in [0.05, 0.1) is 12.7 Å². The van der Waals surface area contributed by atoms with Crippen molar-refractivity contribution in [2.75, 3.05) is 7.11 Å². The Hall–Kier alpha value is -1.09. The van der Waals surface area contributed by atoms with E-state index < -0.39 is 0 Å². The van der Waals surface area contributed by atoms with Crippen LogP contribution in [0.2, 0.25) is 0 Å². The molecule has 0 radical (unpaired) electrons. The summed E-state index contributed by atoms with van der Waals surface area (Å²) < 4.78 is 6.74. The van der Waals surface area contributed by atoms with Crippen LogP contribution in [0, 0.1) is 11.8 Å². The zero-order valence-corrected chi connectivity index (χ0v) is 14.2. The number of Topliss-reactive ketones (excluding diaryl/α,β-unsaturated/α-hetero) is 1. The molecule has 3 heteroatoms. The number of allylic oxidation sites excluding steroid dienone is 2. The summed E-state index contributed by atoms with van der Waals surface area (Å²) in [5.74, 6) is 1.86. The molecule has 1 aromatic rings. The number of ketones is 1. The number of carbonyl (C=O) groups excluding carboxylic acids is 1. The Kier molecular flexibility index (Phi) is 4.21. The summed E-state index contributed by atoms with van der Waals surface area (Å²) in [6.07, 6.45) is 5.13. The number of hydrogen-bond donors (Lipinski definition) is 0. The monoisotopic (exact) mass is 348 g/mol. The Morgan fingerprint density at radius 3 is 2.76 bits per heavy atom. The normalized spacial score (nSPS) is 24.6. The lowest BCUT2D eigenvalue weighted by molar-refractivity contribution is -0.117. The number of rotatable bonds is 4. The SMILES string of the molecule is CCCc1cc(Br)ccc1C1=C(OC)C2CCC(C2)C1=O. The van der Waals surface area contributed by atoms with Crippen LogP contribution in [0.5, 0.6) is 0 Å². The molecule has 1 aromatic carbocycles. The predicted octanol–water partition coefficient (Wildman–Crippen LogP) is 4.76. The zero-order valence-electron chi connectivity index (χ0n) is 12.6. The Balaban J connectivity index is 2.15. The lowest BCUT2D eigenvalue weighted by atomic mass is 9.81. The molecule has 2 unspecified atom stereocenters. The van der Waals surface area contributed by atoms with Gasteiger partial charge in [-0.25, -0.2) is 0 Å². The number of halogens is 1. The Labute approximate surface area is 134 Å². The molecule has 3 rings (SSSR count). The van der Waals surface area contributed by atoms with Crippen molar-refractivity contribution in [1.29, 1.82) is 0 Å². The molecule has 0 aliphatic heterocycles. The van der Waals surface area contributed by atoms with Gasteiger partial charge >= 0.3 is 0 Å². The number of ether oxygens (including phenoxy) is 1. The number of hydrogen-bond acceptors (Lipinski definition) is 2. The highest BCUT2D eigenvalue weighted by atomic mass is 79.9. The van der Waals surface area contributed by atoms with E-state index in [0.29, 0.717) is 11.7 Å². The summed E-state index contributed by atoms with van der Waals surface area (Å²) >= 11 is 3.54. The zero-order chi connectivity index (χ0) is 15.0. The van der Waals surface area contributed by atoms with Crippen LogP contribution in [0.15, 0.2) is 28.4 Å². The fourth-order valence-electron chi connectivity index (χ4n) is 3.80. The summed E-state index contributed by atoms with van der Waals surface area (Å²) in [5, 5.41) is 0. The summed E-state index contributed by atoms with van der Waals surface area (Å²) in [4.78, 5) is 12.8. The third-order valence-corrected chi connectivity index (χ3v) is 5.24. The van der Waals surface area contributed by atoms with Crippen LogP contribution < -0.4 is 0 Å². The van der Waals surface area contributed by atoms with Gasteiger partial charge in [-0.2, -0.15) is 0 Å². The number of methoxy groups -OCH3 is 1. The maximum absolute atomic E-state index is 12.8. The number of benzene rings is 1. The van der Waals surface area contributed by atoms with Crippen molar-refractivity contribution in [2.24, 2.45) is 11.8 Å². The van der Waals surface area contributed by atoms with Gasteiger partial charge in [-0.05, 0) is 48.9 Å². The van der Waals surface area contributed by atoms with Crippen LogP contribution in [0.25, 0.3) is 5.57 Å². The molecule has 2 atom stereocenters. The van der Waals surface area contributed by atoms with Gasteiger partial charge in [-0.15, -0.1) is 0 Å². The van der Waals surface area contributed by atoms with Gasteiger partial charge in [-0.1, -0.05) is 35.3 Å².